The zero-order chi connectivity index (χ0) is 28.1. The van der Waals surface area contributed by atoms with E-state index in [2.05, 4.69) is 0 Å². The average Bonchev–Trinajstić information content (AvgIpc) is 3.16. The summed E-state index contributed by atoms with van der Waals surface area (Å²) in [6.07, 6.45) is 1.63. The van der Waals surface area contributed by atoms with Crippen molar-refractivity contribution in [3.8, 4) is 17.2 Å². The summed E-state index contributed by atoms with van der Waals surface area (Å²) in [5.41, 5.74) is 2.12. The molecule has 0 N–H and O–H groups in total. The lowest BCUT2D eigenvalue weighted by Gasteiger charge is -2.19. The van der Waals surface area contributed by atoms with Crippen LogP contribution in [0.4, 0.5) is 5.69 Å². The number of anilines is 1. The van der Waals surface area contributed by atoms with E-state index >= 15 is 0 Å². The largest absolute Gasteiger partial charge is 0.497 e. The number of halogens is 2. The number of hydrogen-bond acceptors (Lipinski definition) is 7. The van der Waals surface area contributed by atoms with Gasteiger partial charge in [0, 0.05) is 15.6 Å². The Labute approximate surface area is 241 Å². The quantitative estimate of drug-likeness (QED) is 0.178. The Bertz CT molecular complexity index is 1440. The third-order valence-electron chi connectivity index (χ3n) is 5.87. The molecule has 11 heteroatoms. The standard InChI is InChI=1S/C28H24Cl2N2O6S/c1-35-21-9-7-20(8-10-21)32-27(34)23(31(28(32)39)15-26(33)37-3)12-17-4-11-24(25(13-17)36-2)38-16-18-5-6-19(29)14-22(18)30/h4-14H,15-16H2,1-3H3/b23-12-. The Morgan fingerprint density at radius 2 is 1.69 bits per heavy atom. The van der Waals surface area contributed by atoms with Crippen molar-refractivity contribution in [1.82, 2.24) is 4.90 Å². The molecule has 4 rings (SSSR count). The minimum atomic E-state index is -0.546. The van der Waals surface area contributed by atoms with E-state index in [0.29, 0.717) is 38.5 Å². The zero-order valence-electron chi connectivity index (χ0n) is 21.3. The molecule has 8 nitrogen and oxygen atoms in total. The summed E-state index contributed by atoms with van der Waals surface area (Å²) < 4.78 is 21.5. The van der Waals surface area contributed by atoms with Gasteiger partial charge in [0.1, 0.15) is 24.6 Å². The second-order valence-corrected chi connectivity index (χ2v) is 9.46. The number of hydrogen-bond donors (Lipinski definition) is 0. The Balaban J connectivity index is 1.64. The number of methoxy groups -OCH3 is 3. The fourth-order valence-electron chi connectivity index (χ4n) is 3.83. The molecule has 0 unspecified atom stereocenters. The first-order valence-electron chi connectivity index (χ1n) is 11.6. The van der Waals surface area contributed by atoms with Crippen molar-refractivity contribution in [2.75, 3.05) is 32.8 Å². The van der Waals surface area contributed by atoms with Crippen LogP contribution in [0.1, 0.15) is 11.1 Å². The number of nitrogens with zero attached hydrogens (tertiary/aromatic N) is 2. The summed E-state index contributed by atoms with van der Waals surface area (Å²) in [6.45, 7) is -0.0387. The van der Waals surface area contributed by atoms with Crippen LogP contribution in [0.25, 0.3) is 6.08 Å². The summed E-state index contributed by atoms with van der Waals surface area (Å²) in [5, 5.41) is 1.17. The van der Waals surface area contributed by atoms with Gasteiger partial charge in [0.15, 0.2) is 16.6 Å². The third-order valence-corrected chi connectivity index (χ3v) is 6.86. The van der Waals surface area contributed by atoms with E-state index in [1.54, 1.807) is 73.8 Å². The predicted octanol–water partition coefficient (Wildman–Crippen LogP) is 5.74. The summed E-state index contributed by atoms with van der Waals surface area (Å²) in [7, 11) is 4.34. The lowest BCUT2D eigenvalue weighted by atomic mass is 10.1. The van der Waals surface area contributed by atoms with Gasteiger partial charge in [-0.1, -0.05) is 35.3 Å². The van der Waals surface area contributed by atoms with Gasteiger partial charge in [0.25, 0.3) is 5.91 Å². The lowest BCUT2D eigenvalue weighted by Crippen LogP contribution is -2.35. The molecule has 1 saturated heterocycles. The van der Waals surface area contributed by atoms with Crippen molar-refractivity contribution in [2.45, 2.75) is 6.61 Å². The van der Waals surface area contributed by atoms with Gasteiger partial charge >= 0.3 is 5.97 Å². The molecule has 3 aromatic rings. The van der Waals surface area contributed by atoms with Crippen LogP contribution in [-0.2, 0) is 20.9 Å². The second-order valence-electron chi connectivity index (χ2n) is 8.25. The number of esters is 1. The molecule has 0 bridgehead atoms. The van der Waals surface area contributed by atoms with Crippen LogP contribution in [0.5, 0.6) is 17.2 Å². The highest BCUT2D eigenvalue weighted by Gasteiger charge is 2.40. The fourth-order valence-corrected chi connectivity index (χ4v) is 4.65. The molecule has 3 aromatic carbocycles. The van der Waals surface area contributed by atoms with Crippen LogP contribution in [0.15, 0.2) is 66.4 Å². The normalized spacial score (nSPS) is 14.1. The van der Waals surface area contributed by atoms with Gasteiger partial charge in [-0.05, 0) is 72.4 Å². The van der Waals surface area contributed by atoms with E-state index in [4.69, 9.17) is 54.4 Å². The minimum Gasteiger partial charge on any atom is -0.497 e. The van der Waals surface area contributed by atoms with Gasteiger partial charge in [-0.2, -0.15) is 0 Å². The van der Waals surface area contributed by atoms with Gasteiger partial charge in [-0.3, -0.25) is 14.5 Å². The molecule has 0 saturated carbocycles. The maximum Gasteiger partial charge on any atom is 0.325 e. The fraction of sp³-hybridized carbons (Fsp3) is 0.179. The Morgan fingerprint density at radius 3 is 2.33 bits per heavy atom. The van der Waals surface area contributed by atoms with E-state index in [1.165, 1.54) is 24.0 Å². The zero-order valence-corrected chi connectivity index (χ0v) is 23.6. The number of rotatable bonds is 9. The minimum absolute atomic E-state index is 0.147. The monoisotopic (exact) mass is 586 g/mol. The van der Waals surface area contributed by atoms with Gasteiger partial charge in [0.05, 0.1) is 27.0 Å². The van der Waals surface area contributed by atoms with Crippen molar-refractivity contribution in [3.05, 3.63) is 87.5 Å². The van der Waals surface area contributed by atoms with Gasteiger partial charge in [-0.25, -0.2) is 0 Å². The summed E-state index contributed by atoms with van der Waals surface area (Å²) >= 11 is 17.8. The van der Waals surface area contributed by atoms with Crippen LogP contribution in [0, 0.1) is 0 Å². The van der Waals surface area contributed by atoms with Crippen LogP contribution in [0.3, 0.4) is 0 Å². The molecular weight excluding hydrogens is 563 g/mol. The number of thiocarbonyl (C=S) groups is 1. The number of amides is 1. The van der Waals surface area contributed by atoms with Gasteiger partial charge < -0.3 is 23.8 Å². The number of carbonyl (C=O) groups is 2. The van der Waals surface area contributed by atoms with E-state index in [-0.39, 0.29) is 24.0 Å². The van der Waals surface area contributed by atoms with Crippen LogP contribution in [0.2, 0.25) is 10.0 Å². The molecule has 1 heterocycles. The molecule has 1 amide bonds. The molecule has 0 spiro atoms. The van der Waals surface area contributed by atoms with Crippen molar-refractivity contribution < 1.29 is 28.5 Å². The van der Waals surface area contributed by atoms with E-state index in [1.807, 2.05) is 0 Å². The van der Waals surface area contributed by atoms with Gasteiger partial charge in [-0.15, -0.1) is 0 Å². The molecular formula is C28H24Cl2N2O6S. The molecule has 0 aromatic heterocycles. The highest BCUT2D eigenvalue weighted by Crippen LogP contribution is 2.34. The highest BCUT2D eigenvalue weighted by atomic mass is 35.5. The highest BCUT2D eigenvalue weighted by molar-refractivity contribution is 7.80. The summed E-state index contributed by atoms with van der Waals surface area (Å²) in [4.78, 5) is 28.5. The first-order chi connectivity index (χ1) is 18.7. The predicted molar refractivity (Wildman–Crippen MR) is 154 cm³/mol. The van der Waals surface area contributed by atoms with Crippen LogP contribution >= 0.6 is 35.4 Å². The maximum absolute atomic E-state index is 13.6. The molecule has 1 aliphatic heterocycles. The smallest absolute Gasteiger partial charge is 0.325 e. The van der Waals surface area contributed by atoms with Crippen LogP contribution < -0.4 is 19.1 Å². The second kappa shape index (κ2) is 12.4. The Kier molecular flexibility index (Phi) is 8.96. The molecule has 1 aliphatic rings. The lowest BCUT2D eigenvalue weighted by molar-refractivity contribution is -0.140. The van der Waals surface area contributed by atoms with Crippen molar-refractivity contribution in [1.29, 1.82) is 0 Å². The molecule has 0 atom stereocenters. The molecule has 0 aliphatic carbocycles. The first kappa shape index (κ1) is 28.2. The van der Waals surface area contributed by atoms with Gasteiger partial charge in [0.2, 0.25) is 0 Å². The van der Waals surface area contributed by atoms with Crippen molar-refractivity contribution in [3.63, 3.8) is 0 Å². The van der Waals surface area contributed by atoms with E-state index in [9.17, 15) is 9.59 Å². The molecule has 0 radical (unpaired) electrons. The number of carbonyl (C=O) groups excluding carboxylic acids is 2. The summed E-state index contributed by atoms with van der Waals surface area (Å²) in [5.74, 6) is 0.603. The average molecular weight is 587 g/mol. The Morgan fingerprint density at radius 1 is 0.949 bits per heavy atom. The van der Waals surface area contributed by atoms with Crippen LogP contribution in [-0.4, -0.2) is 49.8 Å². The first-order valence-corrected chi connectivity index (χ1v) is 12.8. The maximum atomic E-state index is 13.6. The third kappa shape index (κ3) is 6.27. The number of benzene rings is 3. The van der Waals surface area contributed by atoms with Crippen molar-refractivity contribution >= 4 is 64.2 Å². The van der Waals surface area contributed by atoms with E-state index < -0.39 is 11.9 Å². The van der Waals surface area contributed by atoms with Crippen molar-refractivity contribution in [2.24, 2.45) is 0 Å². The number of ether oxygens (including phenoxy) is 4. The molecule has 1 fully saturated rings. The summed E-state index contributed by atoms with van der Waals surface area (Å²) in [6, 6.07) is 17.2. The van der Waals surface area contributed by atoms with E-state index in [0.717, 1.165) is 5.56 Å². The topological polar surface area (TPSA) is 77.5 Å². The molecule has 39 heavy (non-hydrogen) atoms. The Hall–Kier alpha value is -3.79. The molecule has 202 valence electrons. The SMILES string of the molecule is COC(=O)CN1C(=S)N(c2ccc(OC)cc2)C(=O)/C1=C/c1ccc(OCc2ccc(Cl)cc2Cl)c(OC)c1.